The number of nitrogens with zero attached hydrogens (tertiary/aromatic N) is 2. The summed E-state index contributed by atoms with van der Waals surface area (Å²) in [5, 5.41) is 19.6. The highest BCUT2D eigenvalue weighted by Crippen LogP contribution is 2.50. The van der Waals surface area contributed by atoms with E-state index in [0.29, 0.717) is 69.7 Å². The van der Waals surface area contributed by atoms with E-state index < -0.39 is 11.9 Å². The van der Waals surface area contributed by atoms with Crippen molar-refractivity contribution in [1.82, 2.24) is 10.6 Å². The number of hydrogen-bond donors (Lipinski definition) is 4. The second-order valence-electron chi connectivity index (χ2n) is 16.8. The molecule has 14 heteroatoms. The number of carbonyl (C=O) groups is 4. The van der Waals surface area contributed by atoms with E-state index in [0.717, 1.165) is 57.0 Å². The van der Waals surface area contributed by atoms with Crippen LogP contribution in [0.3, 0.4) is 0 Å². The molecule has 0 fully saturated rings. The quantitative estimate of drug-likeness (QED) is 0.0503. The van der Waals surface area contributed by atoms with Crippen LogP contribution in [0.2, 0.25) is 0 Å². The molecule has 2 atom stereocenters. The SMILES string of the molecule is CC/N=C1/C=C2Oc3cc(NCC)c(C)cc3C(c3ccc(C(=O)NCCOCCOCCOCCNC(=O)CCC(=O)N(Cc4ccccc4C)c4ccccc4C)cc3C(=O)O)C2C=C1C. The number of para-hydroxylation sites is 1. The number of carboxylic acids is 1. The summed E-state index contributed by atoms with van der Waals surface area (Å²) in [5.41, 5.74) is 9.49. The van der Waals surface area contributed by atoms with Crippen LogP contribution < -0.4 is 25.6 Å². The Morgan fingerprint density at radius 2 is 1.43 bits per heavy atom. The van der Waals surface area contributed by atoms with E-state index >= 15 is 0 Å². The zero-order valence-electron chi connectivity index (χ0n) is 40.1. The number of carbonyl (C=O) groups excluding carboxylic acids is 3. The van der Waals surface area contributed by atoms with Crippen molar-refractivity contribution in [2.24, 2.45) is 10.9 Å². The first-order valence-electron chi connectivity index (χ1n) is 23.5. The minimum absolute atomic E-state index is 0.0453. The summed E-state index contributed by atoms with van der Waals surface area (Å²) >= 11 is 0. The zero-order chi connectivity index (χ0) is 48.6. The standard InChI is InChI=1S/C54H65N5O9/c1-7-55-45-32-48-43(29-37(45)5)52(44-30-38(6)46(56-8-2)33-49(44)68-48)41-18-17-39(31-42(41)54(63)64)53(62)58-22-24-66-26-28-67-27-25-65-23-21-57-50(60)19-20-51(61)59(47-16-12-10-14-36(47)4)34-40-15-11-9-13-35(40)3/h9-18,29-33,43,52,56H,7-8,19-28,34H2,1-6H3,(H,57,60)(H,58,62)(H,63,64)/b55-45-. The molecular formula is C54H65N5O9. The molecule has 360 valence electrons. The molecule has 4 aromatic rings. The van der Waals surface area contributed by atoms with Crippen LogP contribution in [0.1, 0.15) is 93.6 Å². The van der Waals surface area contributed by atoms with E-state index in [1.807, 2.05) is 102 Å². The third kappa shape index (κ3) is 13.3. The predicted molar refractivity (Wildman–Crippen MR) is 265 cm³/mol. The van der Waals surface area contributed by atoms with E-state index in [1.54, 1.807) is 17.0 Å². The van der Waals surface area contributed by atoms with Gasteiger partial charge in [-0.25, -0.2) is 4.79 Å². The van der Waals surface area contributed by atoms with Crippen molar-refractivity contribution in [2.45, 2.75) is 66.8 Å². The maximum Gasteiger partial charge on any atom is 0.336 e. The maximum absolute atomic E-state index is 13.4. The highest BCUT2D eigenvalue weighted by molar-refractivity contribution is 6.09. The van der Waals surface area contributed by atoms with Gasteiger partial charge in [0.25, 0.3) is 5.91 Å². The van der Waals surface area contributed by atoms with Crippen LogP contribution in [0.5, 0.6) is 5.75 Å². The topological polar surface area (TPSA) is 177 Å². The summed E-state index contributed by atoms with van der Waals surface area (Å²) in [4.78, 5) is 58.5. The maximum atomic E-state index is 13.4. The number of fused-ring (bicyclic) bond motifs is 2. The van der Waals surface area contributed by atoms with E-state index in [-0.39, 0.29) is 60.8 Å². The molecule has 0 saturated carbocycles. The van der Waals surface area contributed by atoms with Crippen LogP contribution >= 0.6 is 0 Å². The van der Waals surface area contributed by atoms with Gasteiger partial charge in [-0.15, -0.1) is 0 Å². The van der Waals surface area contributed by atoms with Gasteiger partial charge in [0, 0.05) is 85.5 Å². The lowest BCUT2D eigenvalue weighted by atomic mass is 9.73. The third-order valence-corrected chi connectivity index (χ3v) is 12.0. The van der Waals surface area contributed by atoms with Gasteiger partial charge in [-0.3, -0.25) is 19.4 Å². The lowest BCUT2D eigenvalue weighted by Crippen LogP contribution is -2.33. The van der Waals surface area contributed by atoms with Crippen molar-refractivity contribution in [3.63, 3.8) is 0 Å². The summed E-state index contributed by atoms with van der Waals surface area (Å²) < 4.78 is 23.3. The molecule has 4 aromatic carbocycles. The molecule has 2 aliphatic rings. The Balaban J connectivity index is 0.892. The second kappa shape index (κ2) is 25.0. The molecule has 2 unspecified atom stereocenters. The van der Waals surface area contributed by atoms with E-state index in [4.69, 9.17) is 18.9 Å². The lowest BCUT2D eigenvalue weighted by molar-refractivity contribution is -0.125. The molecule has 0 radical (unpaired) electrons. The van der Waals surface area contributed by atoms with Gasteiger partial charge in [-0.05, 0) is 99.2 Å². The number of anilines is 2. The summed E-state index contributed by atoms with van der Waals surface area (Å²) in [7, 11) is 0. The van der Waals surface area contributed by atoms with E-state index in [9.17, 15) is 24.3 Å². The van der Waals surface area contributed by atoms with Crippen molar-refractivity contribution in [3.05, 3.63) is 147 Å². The van der Waals surface area contributed by atoms with Crippen molar-refractivity contribution < 1.29 is 43.2 Å². The average Bonchev–Trinajstić information content (AvgIpc) is 3.32. The van der Waals surface area contributed by atoms with Gasteiger partial charge >= 0.3 is 5.97 Å². The number of nitrogens with one attached hydrogen (secondary N) is 3. The predicted octanol–water partition coefficient (Wildman–Crippen LogP) is 8.10. The largest absolute Gasteiger partial charge is 0.478 e. The Labute approximate surface area is 399 Å². The molecule has 0 saturated heterocycles. The summed E-state index contributed by atoms with van der Waals surface area (Å²) in [5.74, 6) is -1.20. The first-order valence-corrected chi connectivity index (χ1v) is 23.5. The summed E-state index contributed by atoms with van der Waals surface area (Å²) in [6.45, 7) is 16.1. The number of aromatic carboxylic acids is 1. The molecule has 4 N–H and O–H groups in total. The fraction of sp³-hybridized carbons (Fsp3) is 0.389. The molecule has 0 spiro atoms. The van der Waals surface area contributed by atoms with Gasteiger partial charge in [0.1, 0.15) is 11.5 Å². The fourth-order valence-electron chi connectivity index (χ4n) is 8.46. The third-order valence-electron chi connectivity index (χ3n) is 12.0. The number of carboxylic acid groups (broad SMARTS) is 1. The van der Waals surface area contributed by atoms with Gasteiger partial charge in [-0.1, -0.05) is 54.6 Å². The van der Waals surface area contributed by atoms with E-state index in [1.165, 1.54) is 6.07 Å². The highest BCUT2D eigenvalue weighted by atomic mass is 16.5. The smallest absolute Gasteiger partial charge is 0.336 e. The molecule has 3 amide bonds. The molecule has 0 aromatic heterocycles. The van der Waals surface area contributed by atoms with Crippen molar-refractivity contribution in [3.8, 4) is 5.75 Å². The van der Waals surface area contributed by atoms with Crippen LogP contribution in [0.25, 0.3) is 0 Å². The Morgan fingerprint density at radius 1 is 0.750 bits per heavy atom. The summed E-state index contributed by atoms with van der Waals surface area (Å²) in [6, 6.07) is 24.6. The number of benzene rings is 4. The average molecular weight is 928 g/mol. The molecule has 6 rings (SSSR count). The number of rotatable bonds is 24. The molecule has 1 aliphatic carbocycles. The Morgan fingerprint density at radius 3 is 2.10 bits per heavy atom. The monoisotopic (exact) mass is 927 g/mol. The van der Waals surface area contributed by atoms with Crippen LogP contribution in [0, 0.1) is 26.7 Å². The molecule has 1 heterocycles. The minimum atomic E-state index is -1.13. The molecule has 0 bridgehead atoms. The first kappa shape index (κ1) is 50.8. The molecule has 68 heavy (non-hydrogen) atoms. The van der Waals surface area contributed by atoms with Gasteiger partial charge in [-0.2, -0.15) is 0 Å². The van der Waals surface area contributed by atoms with E-state index in [2.05, 4.69) is 33.1 Å². The second-order valence-corrected chi connectivity index (χ2v) is 16.8. The first-order chi connectivity index (χ1) is 32.9. The van der Waals surface area contributed by atoms with Crippen LogP contribution in [0.15, 0.2) is 107 Å². The lowest BCUT2D eigenvalue weighted by Gasteiger charge is -2.37. The van der Waals surface area contributed by atoms with Gasteiger partial charge in [0.2, 0.25) is 11.8 Å². The number of allylic oxidation sites excluding steroid dienone is 3. The van der Waals surface area contributed by atoms with Crippen molar-refractivity contribution in [1.29, 1.82) is 0 Å². The number of amides is 3. The van der Waals surface area contributed by atoms with Gasteiger partial charge in [0.15, 0.2) is 0 Å². The van der Waals surface area contributed by atoms with Crippen LogP contribution in [-0.2, 0) is 30.3 Å². The summed E-state index contributed by atoms with van der Waals surface area (Å²) in [6.07, 6.45) is 4.20. The van der Waals surface area contributed by atoms with Gasteiger partial charge in [0.05, 0.1) is 57.5 Å². The van der Waals surface area contributed by atoms with Crippen molar-refractivity contribution >= 4 is 40.8 Å². The minimum Gasteiger partial charge on any atom is -0.478 e. The van der Waals surface area contributed by atoms with Gasteiger partial charge < -0.3 is 44.9 Å². The van der Waals surface area contributed by atoms with Crippen LogP contribution in [-0.4, -0.2) is 100 Å². The van der Waals surface area contributed by atoms with Crippen LogP contribution in [0.4, 0.5) is 11.4 Å². The highest BCUT2D eigenvalue weighted by Gasteiger charge is 2.39. The Bertz CT molecular complexity index is 2530. The number of aryl methyl sites for hydroxylation is 3. The zero-order valence-corrected chi connectivity index (χ0v) is 40.1. The molecule has 14 nitrogen and oxygen atoms in total. The number of aliphatic imine (C=N–C) groups is 1. The number of ether oxygens (including phenoxy) is 4. The normalized spacial score (nSPS) is 15.6. The molecule has 1 aliphatic heterocycles. The molecular weight excluding hydrogens is 863 g/mol. The Hall–Kier alpha value is -6.61. The fourth-order valence-corrected chi connectivity index (χ4v) is 8.46. The Kier molecular flexibility index (Phi) is 18.6. The number of hydrogen-bond acceptors (Lipinski definition) is 10. The van der Waals surface area contributed by atoms with Crippen molar-refractivity contribution in [2.75, 3.05) is 76.0 Å².